The Kier molecular flexibility index (Phi) is 16.3. The summed E-state index contributed by atoms with van der Waals surface area (Å²) in [7, 11) is 0. The van der Waals surface area contributed by atoms with Crippen molar-refractivity contribution in [1.82, 2.24) is 9.97 Å². The van der Waals surface area contributed by atoms with Crippen LogP contribution >= 0.6 is 0 Å². The van der Waals surface area contributed by atoms with Crippen molar-refractivity contribution in [3.63, 3.8) is 0 Å². The molecule has 160 valence electrons. The van der Waals surface area contributed by atoms with Gasteiger partial charge < -0.3 is 5.73 Å². The van der Waals surface area contributed by atoms with E-state index >= 15 is 0 Å². The van der Waals surface area contributed by atoms with Crippen molar-refractivity contribution in [2.75, 3.05) is 10.6 Å². The number of imide groups is 1. The van der Waals surface area contributed by atoms with Gasteiger partial charge in [0, 0.05) is 25.2 Å². The van der Waals surface area contributed by atoms with Gasteiger partial charge in [0.15, 0.2) is 18.4 Å². The minimum Gasteiger partial charge on any atom is -0.383 e. The lowest BCUT2D eigenvalue weighted by Crippen LogP contribution is -2.37. The first-order valence-electron chi connectivity index (χ1n) is 7.91. The van der Waals surface area contributed by atoms with Crippen molar-refractivity contribution >= 4 is 36.0 Å². The summed E-state index contributed by atoms with van der Waals surface area (Å²) in [6, 6.07) is 6.39. The maximum Gasteiger partial charge on any atom is 0.234 e. The predicted molar refractivity (Wildman–Crippen MR) is 117 cm³/mol. The van der Waals surface area contributed by atoms with Crippen molar-refractivity contribution in [2.24, 2.45) is 0 Å². The average molecular weight is 405 g/mol. The molecule has 0 aromatic carbocycles. The van der Waals surface area contributed by atoms with E-state index in [2.05, 4.69) is 9.97 Å². The topological polar surface area (TPSA) is 123 Å². The van der Waals surface area contributed by atoms with Crippen LogP contribution in [0.25, 0.3) is 0 Å². The van der Waals surface area contributed by atoms with Crippen molar-refractivity contribution in [3.8, 4) is 0 Å². The molecule has 0 spiro atoms. The summed E-state index contributed by atoms with van der Waals surface area (Å²) in [6.07, 6.45) is 4.62. The first-order chi connectivity index (χ1) is 12.5. The lowest BCUT2D eigenvalue weighted by molar-refractivity contribution is -0.126. The summed E-state index contributed by atoms with van der Waals surface area (Å²) in [5.41, 5.74) is 5.96. The van der Waals surface area contributed by atoms with Crippen molar-refractivity contribution < 1.29 is 19.2 Å². The van der Waals surface area contributed by atoms with Crippen LogP contribution in [0, 0.1) is 0 Å². The Balaban J connectivity index is -0.000000485. The largest absolute Gasteiger partial charge is 0.383 e. The molecule has 0 fully saturated rings. The number of nitrogens with two attached hydrogens (primary N) is 1. The van der Waals surface area contributed by atoms with Gasteiger partial charge in [-0.05, 0) is 24.3 Å². The number of amides is 2. The number of hydrogen-bond acceptors (Lipinski definition) is 7. The van der Waals surface area contributed by atoms with Gasteiger partial charge in [-0.15, -0.1) is 0 Å². The van der Waals surface area contributed by atoms with Crippen LogP contribution in [0.3, 0.4) is 0 Å². The van der Waals surface area contributed by atoms with Crippen LogP contribution in [0.1, 0.15) is 69.7 Å². The van der Waals surface area contributed by atoms with E-state index in [1.807, 2.05) is 0 Å². The second-order valence-electron chi connectivity index (χ2n) is 4.96. The molecule has 29 heavy (non-hydrogen) atoms. The number of pyridine rings is 2. The molecule has 8 heteroatoms. The number of rotatable bonds is 5. The first kappa shape index (κ1) is 30.3. The molecule has 0 radical (unpaired) electrons. The van der Waals surface area contributed by atoms with Crippen LogP contribution < -0.4 is 10.6 Å². The Bertz CT molecular complexity index is 778. The van der Waals surface area contributed by atoms with Gasteiger partial charge in [-0.25, -0.2) is 14.9 Å². The molecule has 2 rings (SSSR count). The zero-order chi connectivity index (χ0) is 19.5. The Labute approximate surface area is 173 Å². The van der Waals surface area contributed by atoms with E-state index in [1.165, 1.54) is 12.3 Å². The van der Waals surface area contributed by atoms with Crippen molar-refractivity contribution in [2.45, 2.75) is 49.0 Å². The van der Waals surface area contributed by atoms with E-state index in [0.29, 0.717) is 18.1 Å². The molecule has 0 aliphatic carbocycles. The monoisotopic (exact) mass is 404 g/mol. The van der Waals surface area contributed by atoms with Gasteiger partial charge >= 0.3 is 0 Å². The summed E-state index contributed by atoms with van der Waals surface area (Å²) in [6.45, 7) is 3.31. The van der Waals surface area contributed by atoms with Crippen LogP contribution in [0.2, 0.25) is 0 Å². The number of carbonyl (C=O) groups excluding carboxylic acids is 4. The van der Waals surface area contributed by atoms with Crippen LogP contribution in [0.15, 0.2) is 36.7 Å². The summed E-state index contributed by atoms with van der Waals surface area (Å²) < 4.78 is 0. The third kappa shape index (κ3) is 8.42. The third-order valence-corrected chi connectivity index (χ3v) is 3.26. The Morgan fingerprint density at radius 1 is 0.897 bits per heavy atom. The Hall–Kier alpha value is -3.42. The average Bonchev–Trinajstić information content (AvgIpc) is 2.69. The maximum absolute atomic E-state index is 11.7. The molecule has 0 aliphatic rings. The van der Waals surface area contributed by atoms with Crippen molar-refractivity contribution in [1.29, 1.82) is 0 Å². The van der Waals surface area contributed by atoms with E-state index in [1.54, 1.807) is 38.2 Å². The van der Waals surface area contributed by atoms with Crippen LogP contribution in [0.5, 0.6) is 0 Å². The van der Waals surface area contributed by atoms with E-state index in [9.17, 15) is 19.2 Å². The highest BCUT2D eigenvalue weighted by atomic mass is 16.2. The molecule has 0 aliphatic heterocycles. The fourth-order valence-corrected chi connectivity index (χ4v) is 1.91. The van der Waals surface area contributed by atoms with Gasteiger partial charge in [0.1, 0.15) is 5.82 Å². The standard InChI is InChI=1S/C12H14N2O3.C6H6N2O.3CH4/c1-3-10(16)14(11(17)4-2)12-9(8-15)6-5-7-13-12;7-6-5(4-9)2-1-3-8-6;;;/h5-8H,3-4H2,1-2H3;1-4H,(H2,7,8);3*1H4. The molecule has 2 aromatic heterocycles. The first-order valence-corrected chi connectivity index (χ1v) is 7.91. The highest BCUT2D eigenvalue weighted by Gasteiger charge is 2.23. The summed E-state index contributed by atoms with van der Waals surface area (Å²) in [4.78, 5) is 53.0. The van der Waals surface area contributed by atoms with E-state index in [4.69, 9.17) is 5.73 Å². The smallest absolute Gasteiger partial charge is 0.234 e. The Morgan fingerprint density at radius 3 is 1.72 bits per heavy atom. The molecule has 2 aromatic rings. The molecule has 8 nitrogen and oxygen atoms in total. The second-order valence-corrected chi connectivity index (χ2v) is 4.96. The van der Waals surface area contributed by atoms with Gasteiger partial charge in [-0.3, -0.25) is 19.2 Å². The molecular weight excluding hydrogens is 372 g/mol. The Morgan fingerprint density at radius 2 is 1.34 bits per heavy atom. The van der Waals surface area contributed by atoms with E-state index in [-0.39, 0.29) is 64.1 Å². The molecule has 0 bridgehead atoms. The molecule has 0 saturated carbocycles. The quantitative estimate of drug-likeness (QED) is 0.748. The van der Waals surface area contributed by atoms with Gasteiger partial charge in [0.05, 0.1) is 11.1 Å². The molecular formula is C21H32N4O4. The molecule has 0 atom stereocenters. The highest BCUT2D eigenvalue weighted by molar-refractivity contribution is 6.15. The van der Waals surface area contributed by atoms with Gasteiger partial charge in [-0.2, -0.15) is 0 Å². The van der Waals surface area contributed by atoms with E-state index < -0.39 is 0 Å². The number of nitrogen functional groups attached to an aromatic ring is 1. The molecule has 0 unspecified atom stereocenters. The van der Waals surface area contributed by atoms with Gasteiger partial charge in [0.2, 0.25) is 11.8 Å². The number of carbonyl (C=O) groups is 4. The van der Waals surface area contributed by atoms with E-state index in [0.717, 1.165) is 4.90 Å². The normalized spacial score (nSPS) is 8.48. The summed E-state index contributed by atoms with van der Waals surface area (Å²) in [5.74, 6) is -0.328. The van der Waals surface area contributed by atoms with Crippen molar-refractivity contribution in [3.05, 3.63) is 47.8 Å². The molecule has 2 N–H and O–H groups in total. The van der Waals surface area contributed by atoms with Crippen LogP contribution in [0.4, 0.5) is 11.6 Å². The zero-order valence-electron chi connectivity index (χ0n) is 14.6. The predicted octanol–water partition coefficient (Wildman–Crippen LogP) is 3.96. The van der Waals surface area contributed by atoms with Crippen LogP contribution in [-0.4, -0.2) is 34.4 Å². The molecule has 0 saturated heterocycles. The lowest BCUT2D eigenvalue weighted by Gasteiger charge is -2.19. The minimum atomic E-state index is -0.362. The minimum absolute atomic E-state index is 0. The third-order valence-electron chi connectivity index (χ3n) is 3.26. The van der Waals surface area contributed by atoms with Gasteiger partial charge in [0.25, 0.3) is 0 Å². The van der Waals surface area contributed by atoms with Crippen LogP contribution in [-0.2, 0) is 9.59 Å². The second kappa shape index (κ2) is 15.6. The fraction of sp³-hybridized carbons (Fsp3) is 0.333. The summed E-state index contributed by atoms with van der Waals surface area (Å²) >= 11 is 0. The molecule has 2 amide bonds. The van der Waals surface area contributed by atoms with Gasteiger partial charge in [-0.1, -0.05) is 36.1 Å². The summed E-state index contributed by atoms with van der Waals surface area (Å²) in [5, 5.41) is 0. The molecule has 2 heterocycles. The number of aromatic nitrogens is 2. The fourth-order valence-electron chi connectivity index (χ4n) is 1.91. The number of nitrogens with zero attached hydrogens (tertiary/aromatic N) is 3. The lowest BCUT2D eigenvalue weighted by atomic mass is 10.2. The highest BCUT2D eigenvalue weighted by Crippen LogP contribution is 2.17. The maximum atomic E-state index is 11.7. The SMILES string of the molecule is C.C.C.CCC(=O)N(C(=O)CC)c1ncccc1C=O.Nc1ncccc1C=O. The zero-order valence-corrected chi connectivity index (χ0v) is 14.6. The number of aldehydes is 2. The number of hydrogen-bond donors (Lipinski definition) is 1. The number of anilines is 2.